The van der Waals surface area contributed by atoms with Gasteiger partial charge in [0.15, 0.2) is 5.13 Å². The maximum Gasteiger partial charge on any atom is 0.257 e. The Labute approximate surface area is 132 Å². The van der Waals surface area contributed by atoms with E-state index in [0.29, 0.717) is 16.4 Å². The van der Waals surface area contributed by atoms with Gasteiger partial charge < -0.3 is 5.73 Å². The summed E-state index contributed by atoms with van der Waals surface area (Å²) in [6.07, 6.45) is 0. The van der Waals surface area contributed by atoms with E-state index in [-0.39, 0.29) is 5.91 Å². The number of carbonyl (C=O) groups is 1. The van der Waals surface area contributed by atoms with Crippen LogP contribution in [-0.4, -0.2) is 10.9 Å². The quantitative estimate of drug-likeness (QED) is 0.720. The topological polar surface area (TPSA) is 68.0 Å². The molecular weight excluding hydrogens is 294 g/mol. The van der Waals surface area contributed by atoms with Crippen molar-refractivity contribution in [1.29, 1.82) is 0 Å². The second-order valence-corrected chi connectivity index (χ2v) is 5.84. The standard InChI is InChI=1S/C17H15N3OS/c1-11-5-7-12(8-6-11)16(21)20-17-19-15(10-22-17)13-3-2-4-14(18)9-13/h2-10H,18H2,1H3,(H,19,20,21). The fourth-order valence-electron chi connectivity index (χ4n) is 2.04. The highest BCUT2D eigenvalue weighted by molar-refractivity contribution is 7.14. The van der Waals surface area contributed by atoms with Crippen molar-refractivity contribution in [3.05, 3.63) is 65.0 Å². The zero-order valence-electron chi connectivity index (χ0n) is 12.0. The summed E-state index contributed by atoms with van der Waals surface area (Å²) < 4.78 is 0. The Hall–Kier alpha value is -2.66. The lowest BCUT2D eigenvalue weighted by molar-refractivity contribution is 0.102. The van der Waals surface area contributed by atoms with E-state index in [1.54, 1.807) is 12.1 Å². The van der Waals surface area contributed by atoms with E-state index in [1.165, 1.54) is 11.3 Å². The molecule has 3 aromatic rings. The van der Waals surface area contributed by atoms with Crippen molar-refractivity contribution in [1.82, 2.24) is 4.98 Å². The molecule has 1 aromatic heterocycles. The van der Waals surface area contributed by atoms with E-state index >= 15 is 0 Å². The fraction of sp³-hybridized carbons (Fsp3) is 0.0588. The van der Waals surface area contributed by atoms with Gasteiger partial charge in [0, 0.05) is 22.2 Å². The first-order valence-corrected chi connectivity index (χ1v) is 7.69. The van der Waals surface area contributed by atoms with Crippen molar-refractivity contribution in [2.24, 2.45) is 0 Å². The summed E-state index contributed by atoms with van der Waals surface area (Å²) in [6, 6.07) is 14.9. The molecule has 5 heteroatoms. The summed E-state index contributed by atoms with van der Waals surface area (Å²) >= 11 is 1.39. The van der Waals surface area contributed by atoms with Crippen molar-refractivity contribution in [2.75, 3.05) is 11.1 Å². The molecule has 0 aliphatic heterocycles. The molecule has 0 spiro atoms. The number of anilines is 2. The molecule has 3 N–H and O–H groups in total. The van der Waals surface area contributed by atoms with E-state index in [9.17, 15) is 4.79 Å². The molecular formula is C17H15N3OS. The Morgan fingerprint density at radius 2 is 1.95 bits per heavy atom. The molecule has 1 heterocycles. The van der Waals surface area contributed by atoms with Crippen LogP contribution in [0, 0.1) is 6.92 Å². The molecule has 0 saturated heterocycles. The zero-order valence-corrected chi connectivity index (χ0v) is 12.9. The number of nitrogens with one attached hydrogen (secondary N) is 1. The molecule has 0 bridgehead atoms. The molecule has 2 aromatic carbocycles. The van der Waals surface area contributed by atoms with Gasteiger partial charge >= 0.3 is 0 Å². The van der Waals surface area contributed by atoms with E-state index in [0.717, 1.165) is 16.8 Å². The van der Waals surface area contributed by atoms with Crippen LogP contribution < -0.4 is 11.1 Å². The number of carbonyl (C=O) groups excluding carboxylic acids is 1. The Morgan fingerprint density at radius 1 is 1.18 bits per heavy atom. The van der Waals surface area contributed by atoms with Gasteiger partial charge in [-0.1, -0.05) is 29.8 Å². The number of nitrogens with two attached hydrogens (primary N) is 1. The third-order valence-electron chi connectivity index (χ3n) is 3.22. The van der Waals surface area contributed by atoms with Crippen LogP contribution in [0.1, 0.15) is 15.9 Å². The van der Waals surface area contributed by atoms with Gasteiger partial charge in [-0.15, -0.1) is 11.3 Å². The molecule has 0 unspecified atom stereocenters. The second-order valence-electron chi connectivity index (χ2n) is 4.98. The lowest BCUT2D eigenvalue weighted by atomic mass is 10.1. The zero-order chi connectivity index (χ0) is 15.5. The van der Waals surface area contributed by atoms with Crippen LogP contribution in [-0.2, 0) is 0 Å². The highest BCUT2D eigenvalue weighted by atomic mass is 32.1. The number of aryl methyl sites for hydroxylation is 1. The summed E-state index contributed by atoms with van der Waals surface area (Å²) in [5.74, 6) is -0.159. The van der Waals surface area contributed by atoms with E-state index < -0.39 is 0 Å². The molecule has 0 aliphatic carbocycles. The number of hydrogen-bond acceptors (Lipinski definition) is 4. The SMILES string of the molecule is Cc1ccc(C(=O)Nc2nc(-c3cccc(N)c3)cs2)cc1. The van der Waals surface area contributed by atoms with Gasteiger partial charge in [-0.3, -0.25) is 10.1 Å². The normalized spacial score (nSPS) is 10.4. The van der Waals surface area contributed by atoms with E-state index in [1.807, 2.05) is 48.7 Å². The van der Waals surface area contributed by atoms with Gasteiger partial charge in [0.1, 0.15) is 0 Å². The van der Waals surface area contributed by atoms with E-state index in [4.69, 9.17) is 5.73 Å². The van der Waals surface area contributed by atoms with Crippen molar-refractivity contribution >= 4 is 28.1 Å². The largest absolute Gasteiger partial charge is 0.399 e. The van der Waals surface area contributed by atoms with Gasteiger partial charge in [0.25, 0.3) is 5.91 Å². The Balaban J connectivity index is 1.77. The minimum atomic E-state index is -0.159. The van der Waals surface area contributed by atoms with Crippen molar-refractivity contribution in [3.8, 4) is 11.3 Å². The van der Waals surface area contributed by atoms with Crippen molar-refractivity contribution in [3.63, 3.8) is 0 Å². The molecule has 0 radical (unpaired) electrons. The predicted molar refractivity (Wildman–Crippen MR) is 91.1 cm³/mol. The van der Waals surface area contributed by atoms with E-state index in [2.05, 4.69) is 10.3 Å². The van der Waals surface area contributed by atoms with Crippen LogP contribution in [0.5, 0.6) is 0 Å². The lowest BCUT2D eigenvalue weighted by Crippen LogP contribution is -2.11. The lowest BCUT2D eigenvalue weighted by Gasteiger charge is -2.02. The molecule has 1 amide bonds. The average Bonchev–Trinajstić information content (AvgIpc) is 2.96. The van der Waals surface area contributed by atoms with Crippen LogP contribution in [0.15, 0.2) is 53.9 Å². The molecule has 0 saturated carbocycles. The van der Waals surface area contributed by atoms with Crippen LogP contribution in [0.2, 0.25) is 0 Å². The predicted octanol–water partition coefficient (Wildman–Crippen LogP) is 3.95. The summed E-state index contributed by atoms with van der Waals surface area (Å²) in [5.41, 5.74) is 9.94. The van der Waals surface area contributed by atoms with Crippen LogP contribution in [0.4, 0.5) is 10.8 Å². The number of benzene rings is 2. The van der Waals surface area contributed by atoms with Crippen molar-refractivity contribution in [2.45, 2.75) is 6.92 Å². The van der Waals surface area contributed by atoms with Crippen LogP contribution in [0.3, 0.4) is 0 Å². The van der Waals surface area contributed by atoms with Crippen molar-refractivity contribution < 1.29 is 4.79 Å². The smallest absolute Gasteiger partial charge is 0.257 e. The minimum absolute atomic E-state index is 0.159. The number of nitrogen functional groups attached to an aromatic ring is 1. The fourth-order valence-corrected chi connectivity index (χ4v) is 2.75. The van der Waals surface area contributed by atoms with Gasteiger partial charge in [-0.05, 0) is 31.2 Å². The Bertz CT molecular complexity index is 809. The number of aromatic nitrogens is 1. The number of rotatable bonds is 3. The first-order chi connectivity index (χ1) is 10.6. The van der Waals surface area contributed by atoms with Gasteiger partial charge in [-0.2, -0.15) is 0 Å². The number of nitrogens with zero attached hydrogens (tertiary/aromatic N) is 1. The second kappa shape index (κ2) is 5.99. The van der Waals surface area contributed by atoms with Crippen LogP contribution >= 0.6 is 11.3 Å². The highest BCUT2D eigenvalue weighted by Crippen LogP contribution is 2.26. The maximum atomic E-state index is 12.2. The molecule has 3 rings (SSSR count). The van der Waals surface area contributed by atoms with Crippen LogP contribution in [0.25, 0.3) is 11.3 Å². The molecule has 0 aliphatic rings. The summed E-state index contributed by atoms with van der Waals surface area (Å²) in [7, 11) is 0. The minimum Gasteiger partial charge on any atom is -0.399 e. The monoisotopic (exact) mass is 309 g/mol. The Morgan fingerprint density at radius 3 is 2.68 bits per heavy atom. The molecule has 110 valence electrons. The van der Waals surface area contributed by atoms with Gasteiger partial charge in [0.2, 0.25) is 0 Å². The third-order valence-corrected chi connectivity index (χ3v) is 3.98. The molecule has 4 nitrogen and oxygen atoms in total. The molecule has 0 fully saturated rings. The van der Waals surface area contributed by atoms with Gasteiger partial charge in [0.05, 0.1) is 5.69 Å². The number of thiazole rings is 1. The maximum absolute atomic E-state index is 12.2. The highest BCUT2D eigenvalue weighted by Gasteiger charge is 2.10. The summed E-state index contributed by atoms with van der Waals surface area (Å²) in [5, 5.41) is 5.29. The molecule has 0 atom stereocenters. The summed E-state index contributed by atoms with van der Waals surface area (Å²) in [6.45, 7) is 1.99. The Kier molecular flexibility index (Phi) is 3.89. The number of amides is 1. The summed E-state index contributed by atoms with van der Waals surface area (Å²) in [4.78, 5) is 16.6. The average molecular weight is 309 g/mol. The first kappa shape index (κ1) is 14.3. The number of hydrogen-bond donors (Lipinski definition) is 2. The third kappa shape index (κ3) is 3.15. The first-order valence-electron chi connectivity index (χ1n) is 6.81. The van der Waals surface area contributed by atoms with Gasteiger partial charge in [-0.25, -0.2) is 4.98 Å². The molecule has 22 heavy (non-hydrogen) atoms.